The van der Waals surface area contributed by atoms with Crippen molar-refractivity contribution in [2.24, 2.45) is 0 Å². The number of hydrogen-bond acceptors (Lipinski definition) is 5. The summed E-state index contributed by atoms with van der Waals surface area (Å²) in [4.78, 5) is 43.5. The lowest BCUT2D eigenvalue weighted by Crippen LogP contribution is -2.32. The number of rotatable bonds is 5. The number of fused-ring (bicyclic) bond motifs is 1. The number of benzene rings is 3. The predicted molar refractivity (Wildman–Crippen MR) is 116 cm³/mol. The summed E-state index contributed by atoms with van der Waals surface area (Å²) in [5.41, 5.74) is 2.69. The van der Waals surface area contributed by atoms with Gasteiger partial charge in [-0.05, 0) is 17.7 Å². The standard InChI is InChI=1S/C25H17N3O4/c29-23-19-13-7-8-14-20(19)24(30)28(23)32-25(31)21-16-27(15-17-9-3-1-4-10-17)26-22(21)18-11-5-2-6-12-18/h1-14,16H,15H2. The molecule has 2 amide bonds. The van der Waals surface area contributed by atoms with Gasteiger partial charge in [0, 0.05) is 11.8 Å². The number of nitrogens with zero attached hydrogens (tertiary/aromatic N) is 3. The van der Waals surface area contributed by atoms with Crippen LogP contribution in [0.25, 0.3) is 11.3 Å². The number of hydrogen-bond donors (Lipinski definition) is 0. The molecule has 0 radical (unpaired) electrons. The van der Waals surface area contributed by atoms with Crippen LogP contribution < -0.4 is 0 Å². The fourth-order valence-electron chi connectivity index (χ4n) is 3.61. The van der Waals surface area contributed by atoms with E-state index in [9.17, 15) is 14.4 Å². The van der Waals surface area contributed by atoms with Crippen molar-refractivity contribution in [1.29, 1.82) is 0 Å². The van der Waals surface area contributed by atoms with Crippen molar-refractivity contribution < 1.29 is 19.2 Å². The Kier molecular flexibility index (Phi) is 4.84. The van der Waals surface area contributed by atoms with Crippen LogP contribution in [0.15, 0.2) is 91.1 Å². The van der Waals surface area contributed by atoms with Gasteiger partial charge in [0.1, 0.15) is 11.3 Å². The first-order valence-corrected chi connectivity index (χ1v) is 9.99. The van der Waals surface area contributed by atoms with Crippen molar-refractivity contribution in [3.05, 3.63) is 113 Å². The molecular weight excluding hydrogens is 406 g/mol. The van der Waals surface area contributed by atoms with Gasteiger partial charge in [-0.2, -0.15) is 5.10 Å². The number of amides is 2. The molecule has 156 valence electrons. The van der Waals surface area contributed by atoms with Gasteiger partial charge in [-0.3, -0.25) is 14.3 Å². The molecule has 0 spiro atoms. The Hall–Kier alpha value is -4.52. The molecule has 0 saturated heterocycles. The third-order valence-corrected chi connectivity index (χ3v) is 5.15. The third kappa shape index (κ3) is 3.45. The number of aromatic nitrogens is 2. The fourth-order valence-corrected chi connectivity index (χ4v) is 3.61. The number of imide groups is 1. The molecule has 0 unspecified atom stereocenters. The largest absolute Gasteiger partial charge is 0.367 e. The molecular formula is C25H17N3O4. The second-order valence-electron chi connectivity index (χ2n) is 7.27. The summed E-state index contributed by atoms with van der Waals surface area (Å²) in [6.45, 7) is 0.445. The lowest BCUT2D eigenvalue weighted by Gasteiger charge is -2.12. The van der Waals surface area contributed by atoms with Gasteiger partial charge in [-0.25, -0.2) is 4.79 Å². The van der Waals surface area contributed by atoms with E-state index < -0.39 is 17.8 Å². The Balaban J connectivity index is 1.47. The van der Waals surface area contributed by atoms with Gasteiger partial charge in [0.25, 0.3) is 11.8 Å². The van der Waals surface area contributed by atoms with E-state index in [-0.39, 0.29) is 16.7 Å². The van der Waals surface area contributed by atoms with Gasteiger partial charge < -0.3 is 4.84 Å². The molecule has 4 aromatic rings. The Morgan fingerprint density at radius 1 is 0.781 bits per heavy atom. The molecule has 0 atom stereocenters. The van der Waals surface area contributed by atoms with Crippen LogP contribution in [-0.4, -0.2) is 32.6 Å². The zero-order valence-corrected chi connectivity index (χ0v) is 16.8. The van der Waals surface area contributed by atoms with Crippen molar-refractivity contribution >= 4 is 17.8 Å². The monoisotopic (exact) mass is 423 g/mol. The first kappa shape index (κ1) is 19.4. The van der Waals surface area contributed by atoms with Crippen LogP contribution in [-0.2, 0) is 11.4 Å². The number of hydroxylamine groups is 2. The van der Waals surface area contributed by atoms with Crippen molar-refractivity contribution in [3.63, 3.8) is 0 Å². The minimum Gasteiger partial charge on any atom is -0.324 e. The molecule has 3 aromatic carbocycles. The maximum Gasteiger partial charge on any atom is 0.367 e. The predicted octanol–water partition coefficient (Wildman–Crippen LogP) is 3.97. The highest BCUT2D eigenvalue weighted by atomic mass is 16.7. The maximum atomic E-state index is 13.1. The Bertz CT molecular complexity index is 1290. The van der Waals surface area contributed by atoms with E-state index >= 15 is 0 Å². The van der Waals surface area contributed by atoms with E-state index in [0.29, 0.717) is 22.9 Å². The normalized spacial score (nSPS) is 12.7. The molecule has 1 aromatic heterocycles. The second kappa shape index (κ2) is 7.96. The second-order valence-corrected chi connectivity index (χ2v) is 7.27. The van der Waals surface area contributed by atoms with Crippen LogP contribution in [0.2, 0.25) is 0 Å². The molecule has 7 nitrogen and oxygen atoms in total. The summed E-state index contributed by atoms with van der Waals surface area (Å²) in [6.07, 6.45) is 1.57. The van der Waals surface area contributed by atoms with E-state index in [1.54, 1.807) is 23.0 Å². The topological polar surface area (TPSA) is 81.5 Å². The lowest BCUT2D eigenvalue weighted by molar-refractivity contribution is -0.0584. The minimum atomic E-state index is -0.835. The highest BCUT2D eigenvalue weighted by Crippen LogP contribution is 2.26. The Labute approximate surface area is 183 Å². The van der Waals surface area contributed by atoms with Crippen molar-refractivity contribution in [2.45, 2.75) is 6.54 Å². The average Bonchev–Trinajstić information content (AvgIpc) is 3.36. The number of carbonyl (C=O) groups excluding carboxylic acids is 3. The maximum absolute atomic E-state index is 13.1. The molecule has 5 rings (SSSR count). The van der Waals surface area contributed by atoms with Gasteiger partial charge >= 0.3 is 5.97 Å². The summed E-state index contributed by atoms with van der Waals surface area (Å²) >= 11 is 0. The van der Waals surface area contributed by atoms with Crippen LogP contribution in [0.5, 0.6) is 0 Å². The first-order valence-electron chi connectivity index (χ1n) is 9.99. The van der Waals surface area contributed by atoms with Gasteiger partial charge in [-0.1, -0.05) is 77.9 Å². The van der Waals surface area contributed by atoms with Crippen LogP contribution >= 0.6 is 0 Å². The van der Waals surface area contributed by atoms with Gasteiger partial charge in [0.15, 0.2) is 0 Å². The van der Waals surface area contributed by atoms with Crippen LogP contribution in [0.3, 0.4) is 0 Å². The summed E-state index contributed by atoms with van der Waals surface area (Å²) < 4.78 is 1.64. The molecule has 2 heterocycles. The van der Waals surface area contributed by atoms with Gasteiger partial charge in [0.2, 0.25) is 0 Å². The molecule has 0 saturated carbocycles. The molecule has 1 aliphatic heterocycles. The summed E-state index contributed by atoms with van der Waals surface area (Å²) in [7, 11) is 0. The molecule has 0 bridgehead atoms. The van der Waals surface area contributed by atoms with Crippen molar-refractivity contribution in [1.82, 2.24) is 14.8 Å². The first-order chi connectivity index (χ1) is 15.6. The van der Waals surface area contributed by atoms with Gasteiger partial charge in [-0.15, -0.1) is 0 Å². The molecule has 0 aliphatic carbocycles. The summed E-state index contributed by atoms with van der Waals surface area (Å²) in [5, 5.41) is 5.09. The van der Waals surface area contributed by atoms with Crippen LogP contribution in [0.4, 0.5) is 0 Å². The van der Waals surface area contributed by atoms with E-state index in [4.69, 9.17) is 4.84 Å². The number of carbonyl (C=O) groups is 3. The summed E-state index contributed by atoms with van der Waals surface area (Å²) in [5.74, 6) is -2.17. The molecule has 0 N–H and O–H groups in total. The smallest absolute Gasteiger partial charge is 0.324 e. The van der Waals surface area contributed by atoms with E-state index in [1.807, 2.05) is 60.7 Å². The van der Waals surface area contributed by atoms with E-state index in [2.05, 4.69) is 5.10 Å². The highest BCUT2D eigenvalue weighted by molar-refractivity contribution is 6.21. The SMILES string of the molecule is O=C(ON1C(=O)c2ccccc2C1=O)c1cn(Cc2ccccc2)nc1-c1ccccc1. The fraction of sp³-hybridized carbons (Fsp3) is 0.0400. The Morgan fingerprint density at radius 3 is 1.97 bits per heavy atom. The zero-order chi connectivity index (χ0) is 22.1. The minimum absolute atomic E-state index is 0.156. The highest BCUT2D eigenvalue weighted by Gasteiger charge is 2.39. The average molecular weight is 423 g/mol. The van der Waals surface area contributed by atoms with E-state index in [1.165, 1.54) is 12.1 Å². The molecule has 32 heavy (non-hydrogen) atoms. The van der Waals surface area contributed by atoms with Gasteiger partial charge in [0.05, 0.1) is 17.7 Å². The molecule has 7 heteroatoms. The zero-order valence-electron chi connectivity index (χ0n) is 16.8. The van der Waals surface area contributed by atoms with Crippen molar-refractivity contribution in [3.8, 4) is 11.3 Å². The Morgan fingerprint density at radius 2 is 1.34 bits per heavy atom. The van der Waals surface area contributed by atoms with E-state index in [0.717, 1.165) is 5.56 Å². The van der Waals surface area contributed by atoms with Crippen LogP contribution in [0.1, 0.15) is 36.6 Å². The quantitative estimate of drug-likeness (QED) is 0.454. The lowest BCUT2D eigenvalue weighted by atomic mass is 10.1. The molecule has 0 fully saturated rings. The van der Waals surface area contributed by atoms with Crippen molar-refractivity contribution in [2.75, 3.05) is 0 Å². The van der Waals surface area contributed by atoms with Crippen LogP contribution in [0, 0.1) is 0 Å². The molecule has 1 aliphatic rings. The summed E-state index contributed by atoms with van der Waals surface area (Å²) in [6, 6.07) is 25.2. The third-order valence-electron chi connectivity index (χ3n) is 5.15.